The van der Waals surface area contributed by atoms with Gasteiger partial charge in [0.15, 0.2) is 5.16 Å². The standard InChI is InChI=1S/C20H21BrN4O3S/c1-12-5-7-16(9-13(12)2)25-14(3)22-23-20(25)29-19(11-24(26)27)15-6-8-18(28-4)17(21)10-15/h5-10,19H,11H2,1-4H3/t19-/m1/s1. The van der Waals surface area contributed by atoms with Crippen LogP contribution in [0.3, 0.4) is 0 Å². The molecule has 1 aromatic heterocycles. The molecule has 7 nitrogen and oxygen atoms in total. The van der Waals surface area contributed by atoms with Crippen LogP contribution in [0.25, 0.3) is 5.69 Å². The van der Waals surface area contributed by atoms with Gasteiger partial charge < -0.3 is 4.74 Å². The lowest BCUT2D eigenvalue weighted by Gasteiger charge is -2.16. The van der Waals surface area contributed by atoms with Gasteiger partial charge in [0.2, 0.25) is 6.54 Å². The summed E-state index contributed by atoms with van der Waals surface area (Å²) < 4.78 is 7.95. The van der Waals surface area contributed by atoms with Crippen LogP contribution in [-0.2, 0) is 0 Å². The van der Waals surface area contributed by atoms with Gasteiger partial charge in [-0.15, -0.1) is 10.2 Å². The molecular weight excluding hydrogens is 456 g/mol. The fraction of sp³-hybridized carbons (Fsp3) is 0.300. The summed E-state index contributed by atoms with van der Waals surface area (Å²) >= 11 is 4.79. The molecule has 0 saturated carbocycles. The minimum absolute atomic E-state index is 0.234. The topological polar surface area (TPSA) is 83.1 Å². The zero-order valence-corrected chi connectivity index (χ0v) is 19.0. The molecule has 0 aliphatic heterocycles. The Hall–Kier alpha value is -2.39. The van der Waals surface area contributed by atoms with Gasteiger partial charge in [-0.25, -0.2) is 0 Å². The third kappa shape index (κ3) is 4.79. The van der Waals surface area contributed by atoms with Crippen molar-refractivity contribution in [2.24, 2.45) is 0 Å². The summed E-state index contributed by atoms with van der Waals surface area (Å²) in [5.74, 6) is 1.40. The highest BCUT2D eigenvalue weighted by Crippen LogP contribution is 2.38. The Morgan fingerprint density at radius 3 is 2.55 bits per heavy atom. The van der Waals surface area contributed by atoms with Gasteiger partial charge in [0, 0.05) is 10.6 Å². The molecule has 3 aromatic rings. The number of aryl methyl sites for hydroxylation is 3. The van der Waals surface area contributed by atoms with Gasteiger partial charge in [-0.2, -0.15) is 0 Å². The number of methoxy groups -OCH3 is 1. The van der Waals surface area contributed by atoms with Crippen LogP contribution in [0.15, 0.2) is 46.0 Å². The first-order chi connectivity index (χ1) is 13.8. The molecule has 0 bridgehead atoms. The molecule has 0 amide bonds. The lowest BCUT2D eigenvalue weighted by molar-refractivity contribution is -0.479. The highest BCUT2D eigenvalue weighted by Gasteiger charge is 2.24. The molecule has 29 heavy (non-hydrogen) atoms. The van der Waals surface area contributed by atoms with Gasteiger partial charge in [-0.05, 0) is 77.7 Å². The van der Waals surface area contributed by atoms with E-state index in [1.54, 1.807) is 13.2 Å². The molecular formula is C20H21BrN4O3S. The van der Waals surface area contributed by atoms with E-state index in [9.17, 15) is 10.1 Å². The van der Waals surface area contributed by atoms with Crippen molar-refractivity contribution in [3.63, 3.8) is 0 Å². The molecule has 2 aromatic carbocycles. The molecule has 3 rings (SSSR count). The van der Waals surface area contributed by atoms with Crippen LogP contribution in [0, 0.1) is 30.9 Å². The maximum absolute atomic E-state index is 11.3. The van der Waals surface area contributed by atoms with Gasteiger partial charge in [0.05, 0.1) is 11.6 Å². The van der Waals surface area contributed by atoms with E-state index in [0.717, 1.165) is 27.1 Å². The third-order valence-corrected chi connectivity index (χ3v) is 6.45. The first-order valence-electron chi connectivity index (χ1n) is 8.91. The van der Waals surface area contributed by atoms with Crippen LogP contribution in [0.4, 0.5) is 0 Å². The van der Waals surface area contributed by atoms with Crippen molar-refractivity contribution in [1.29, 1.82) is 0 Å². The van der Waals surface area contributed by atoms with Crippen molar-refractivity contribution in [1.82, 2.24) is 14.8 Å². The maximum atomic E-state index is 11.3. The minimum Gasteiger partial charge on any atom is -0.496 e. The number of thioether (sulfide) groups is 1. The van der Waals surface area contributed by atoms with Crippen LogP contribution >= 0.6 is 27.7 Å². The molecule has 0 saturated heterocycles. The number of nitro groups is 1. The average molecular weight is 477 g/mol. The molecule has 0 aliphatic carbocycles. The second kappa shape index (κ2) is 8.96. The van der Waals surface area contributed by atoms with Crippen molar-refractivity contribution < 1.29 is 9.66 Å². The van der Waals surface area contributed by atoms with E-state index in [-0.39, 0.29) is 11.5 Å². The number of ether oxygens (including phenoxy) is 1. The van der Waals surface area contributed by atoms with Crippen LogP contribution in [-0.4, -0.2) is 33.3 Å². The number of hydrogen-bond acceptors (Lipinski definition) is 6. The Labute approximate surface area is 181 Å². The van der Waals surface area contributed by atoms with E-state index in [1.807, 2.05) is 35.8 Å². The van der Waals surface area contributed by atoms with Gasteiger partial charge >= 0.3 is 0 Å². The summed E-state index contributed by atoms with van der Waals surface area (Å²) in [5, 5.41) is 20.0. The molecule has 0 fully saturated rings. The van der Waals surface area contributed by atoms with Crippen molar-refractivity contribution in [2.45, 2.75) is 31.2 Å². The van der Waals surface area contributed by atoms with E-state index < -0.39 is 5.25 Å². The predicted octanol–water partition coefficient (Wildman–Crippen LogP) is 5.07. The van der Waals surface area contributed by atoms with Gasteiger partial charge in [0.25, 0.3) is 0 Å². The lowest BCUT2D eigenvalue weighted by atomic mass is 10.1. The summed E-state index contributed by atoms with van der Waals surface area (Å²) in [6.45, 7) is 5.75. The summed E-state index contributed by atoms with van der Waals surface area (Å²) in [7, 11) is 1.58. The highest BCUT2D eigenvalue weighted by atomic mass is 79.9. The number of hydrogen-bond donors (Lipinski definition) is 0. The van der Waals surface area contributed by atoms with Gasteiger partial charge in [-0.1, -0.05) is 23.9 Å². The maximum Gasteiger partial charge on any atom is 0.220 e. The summed E-state index contributed by atoms with van der Waals surface area (Å²) in [6, 6.07) is 11.6. The number of nitrogens with zero attached hydrogens (tertiary/aromatic N) is 4. The van der Waals surface area contributed by atoms with Crippen molar-refractivity contribution in [3.8, 4) is 11.4 Å². The zero-order valence-electron chi connectivity index (χ0n) is 16.5. The van der Waals surface area contributed by atoms with Crippen LogP contribution in [0.1, 0.15) is 27.8 Å². The van der Waals surface area contributed by atoms with E-state index in [2.05, 4.69) is 46.0 Å². The summed E-state index contributed by atoms with van der Waals surface area (Å²) in [4.78, 5) is 11.0. The first kappa shape index (κ1) is 21.3. The predicted molar refractivity (Wildman–Crippen MR) is 117 cm³/mol. The molecule has 0 aliphatic rings. The highest BCUT2D eigenvalue weighted by molar-refractivity contribution is 9.10. The number of rotatable bonds is 7. The second-order valence-corrected chi connectivity index (χ2v) is 8.67. The van der Waals surface area contributed by atoms with Crippen LogP contribution < -0.4 is 4.74 Å². The molecule has 0 N–H and O–H groups in total. The quantitative estimate of drug-likeness (QED) is 0.268. The van der Waals surface area contributed by atoms with Crippen molar-refractivity contribution in [3.05, 3.63) is 73.5 Å². The summed E-state index contributed by atoms with van der Waals surface area (Å²) in [5.41, 5.74) is 4.11. The molecule has 1 atom stereocenters. The smallest absolute Gasteiger partial charge is 0.220 e. The molecule has 152 valence electrons. The fourth-order valence-corrected chi connectivity index (χ4v) is 4.66. The largest absolute Gasteiger partial charge is 0.496 e. The lowest BCUT2D eigenvalue weighted by Crippen LogP contribution is -2.11. The van der Waals surface area contributed by atoms with Crippen molar-refractivity contribution >= 4 is 27.7 Å². The third-order valence-electron chi connectivity index (χ3n) is 4.65. The average Bonchev–Trinajstić information content (AvgIpc) is 3.03. The van der Waals surface area contributed by atoms with E-state index >= 15 is 0 Å². The van der Waals surface area contributed by atoms with E-state index in [0.29, 0.717) is 10.9 Å². The molecule has 0 unspecified atom stereocenters. The van der Waals surface area contributed by atoms with Crippen molar-refractivity contribution in [2.75, 3.05) is 13.7 Å². The second-order valence-electron chi connectivity index (χ2n) is 6.65. The molecule has 0 radical (unpaired) electrons. The number of benzene rings is 2. The van der Waals surface area contributed by atoms with Crippen LogP contribution in [0.5, 0.6) is 5.75 Å². The van der Waals surface area contributed by atoms with Gasteiger partial charge in [-0.3, -0.25) is 14.7 Å². The Kier molecular flexibility index (Phi) is 6.59. The first-order valence-corrected chi connectivity index (χ1v) is 10.6. The Morgan fingerprint density at radius 1 is 1.17 bits per heavy atom. The molecule has 0 spiro atoms. The summed E-state index contributed by atoms with van der Waals surface area (Å²) in [6.07, 6.45) is 0. The van der Waals surface area contributed by atoms with Gasteiger partial charge in [0.1, 0.15) is 16.8 Å². The van der Waals surface area contributed by atoms with Crippen LogP contribution in [0.2, 0.25) is 0 Å². The Morgan fingerprint density at radius 2 is 1.93 bits per heavy atom. The number of halogens is 1. The minimum atomic E-state index is -0.430. The van der Waals surface area contributed by atoms with E-state index in [4.69, 9.17) is 4.74 Å². The Balaban J connectivity index is 2.00. The fourth-order valence-electron chi connectivity index (χ4n) is 2.94. The SMILES string of the molecule is COc1ccc([C@@H](C[N+](=O)[O-])Sc2nnc(C)n2-c2ccc(C)c(C)c2)cc1Br. The molecule has 9 heteroatoms. The number of aromatic nitrogens is 3. The molecule has 1 heterocycles. The normalized spacial score (nSPS) is 12.0. The van der Waals surface area contributed by atoms with E-state index in [1.165, 1.54) is 17.3 Å². The monoisotopic (exact) mass is 476 g/mol. The zero-order chi connectivity index (χ0) is 21.1. The Bertz CT molecular complexity index is 1050.